The third kappa shape index (κ3) is 4.49. The topological polar surface area (TPSA) is 26.3 Å². The smallest absolute Gasteiger partial charge is 0.443 e. The second-order valence-corrected chi connectivity index (χ2v) is 5.46. The summed E-state index contributed by atoms with van der Waals surface area (Å²) in [6, 6.07) is 4.30. The van der Waals surface area contributed by atoms with E-state index < -0.39 is 33.8 Å². The van der Waals surface area contributed by atoms with Crippen LogP contribution in [0.5, 0.6) is 0 Å². The maximum atomic E-state index is 13.0. The van der Waals surface area contributed by atoms with Gasteiger partial charge < -0.3 is 4.74 Å². The SMILES string of the molecule is C=CCC(SC(F)(F)F)(C(=O)OCC)c1ccc(F)cc1. The summed E-state index contributed by atoms with van der Waals surface area (Å²) in [5.41, 5.74) is -4.64. The number of benzene rings is 1. The van der Waals surface area contributed by atoms with Crippen LogP contribution in [0.2, 0.25) is 0 Å². The number of allylic oxidation sites excluding steroid dienone is 1. The van der Waals surface area contributed by atoms with Crippen molar-refractivity contribution in [3.8, 4) is 0 Å². The van der Waals surface area contributed by atoms with Crippen LogP contribution in [0.15, 0.2) is 36.9 Å². The van der Waals surface area contributed by atoms with Crippen molar-refractivity contribution in [1.29, 1.82) is 0 Å². The number of rotatable bonds is 6. The van der Waals surface area contributed by atoms with E-state index in [0.29, 0.717) is 0 Å². The molecule has 0 radical (unpaired) electrons. The molecule has 2 nitrogen and oxygen atoms in total. The Balaban J connectivity index is 3.38. The first-order valence-electron chi connectivity index (χ1n) is 6.06. The van der Waals surface area contributed by atoms with Crippen LogP contribution in [-0.2, 0) is 14.3 Å². The largest absolute Gasteiger partial charge is 0.465 e. The fourth-order valence-electron chi connectivity index (χ4n) is 1.83. The fraction of sp³-hybridized carbons (Fsp3) is 0.357. The Morgan fingerprint density at radius 1 is 1.33 bits per heavy atom. The molecule has 0 heterocycles. The van der Waals surface area contributed by atoms with E-state index in [-0.39, 0.29) is 18.6 Å². The van der Waals surface area contributed by atoms with Gasteiger partial charge in [-0.1, -0.05) is 18.2 Å². The molecular weight excluding hydrogens is 308 g/mol. The molecule has 1 unspecified atom stereocenters. The van der Waals surface area contributed by atoms with Gasteiger partial charge in [0.25, 0.3) is 0 Å². The zero-order chi connectivity index (χ0) is 16.1. The lowest BCUT2D eigenvalue weighted by atomic mass is 9.94. The third-order valence-corrected chi connectivity index (χ3v) is 3.79. The van der Waals surface area contributed by atoms with Crippen molar-refractivity contribution >= 4 is 17.7 Å². The number of halogens is 4. The number of carbonyl (C=O) groups is 1. The molecule has 1 aromatic carbocycles. The van der Waals surface area contributed by atoms with Crippen molar-refractivity contribution in [3.63, 3.8) is 0 Å². The predicted octanol–water partition coefficient (Wildman–Crippen LogP) is 4.41. The number of carbonyl (C=O) groups excluding carboxylic acids is 1. The number of thioether (sulfide) groups is 1. The molecule has 0 aliphatic heterocycles. The van der Waals surface area contributed by atoms with Crippen molar-refractivity contribution in [2.75, 3.05) is 6.61 Å². The fourth-order valence-corrected chi connectivity index (χ4v) is 2.82. The molecular formula is C14H14F4O2S. The number of alkyl halides is 3. The Morgan fingerprint density at radius 3 is 2.33 bits per heavy atom. The molecule has 0 aromatic heterocycles. The van der Waals surface area contributed by atoms with Gasteiger partial charge in [0.05, 0.1) is 6.61 Å². The van der Waals surface area contributed by atoms with E-state index in [1.807, 2.05) is 0 Å². The van der Waals surface area contributed by atoms with Gasteiger partial charge in [-0.15, -0.1) is 6.58 Å². The van der Waals surface area contributed by atoms with Gasteiger partial charge in [-0.3, -0.25) is 4.79 Å². The highest BCUT2D eigenvalue weighted by molar-refractivity contribution is 8.01. The van der Waals surface area contributed by atoms with Crippen LogP contribution in [0, 0.1) is 5.82 Å². The first-order valence-corrected chi connectivity index (χ1v) is 6.88. The van der Waals surface area contributed by atoms with Crippen LogP contribution in [0.1, 0.15) is 18.9 Å². The predicted molar refractivity (Wildman–Crippen MR) is 73.2 cm³/mol. The standard InChI is InChI=1S/C14H14F4O2S/c1-3-9-13(12(19)20-4-2,21-14(16,17)18)10-5-7-11(15)8-6-10/h3,5-8H,1,4,9H2,2H3. The average Bonchev–Trinajstić information content (AvgIpc) is 2.37. The summed E-state index contributed by atoms with van der Waals surface area (Å²) >= 11 is -0.487. The van der Waals surface area contributed by atoms with Gasteiger partial charge in [-0.25, -0.2) is 4.39 Å². The van der Waals surface area contributed by atoms with E-state index >= 15 is 0 Å². The van der Waals surface area contributed by atoms with Crippen LogP contribution >= 0.6 is 11.8 Å². The minimum atomic E-state index is -4.66. The zero-order valence-corrected chi connectivity index (χ0v) is 12.1. The van der Waals surface area contributed by atoms with Gasteiger partial charge in [0.1, 0.15) is 10.6 Å². The van der Waals surface area contributed by atoms with Gasteiger partial charge in [-0.05, 0) is 42.8 Å². The molecule has 0 spiro atoms. The van der Waals surface area contributed by atoms with E-state index in [2.05, 4.69) is 6.58 Å². The molecule has 0 bridgehead atoms. The minimum Gasteiger partial charge on any atom is -0.465 e. The number of hydrogen-bond acceptors (Lipinski definition) is 3. The van der Waals surface area contributed by atoms with Crippen LogP contribution in [0.25, 0.3) is 0 Å². The van der Waals surface area contributed by atoms with E-state index in [1.54, 1.807) is 0 Å². The molecule has 0 saturated carbocycles. The molecule has 0 N–H and O–H groups in total. The van der Waals surface area contributed by atoms with Crippen LogP contribution in [0.3, 0.4) is 0 Å². The summed E-state index contributed by atoms with van der Waals surface area (Å²) in [5.74, 6) is -1.63. The molecule has 0 amide bonds. The van der Waals surface area contributed by atoms with Crippen molar-refractivity contribution in [3.05, 3.63) is 48.3 Å². The molecule has 0 aliphatic rings. The highest BCUT2D eigenvalue weighted by Crippen LogP contribution is 2.50. The Hall–Kier alpha value is -1.50. The number of esters is 1. The third-order valence-electron chi connectivity index (χ3n) is 2.64. The Labute approximate surface area is 124 Å². The second-order valence-electron chi connectivity index (χ2n) is 4.09. The lowest BCUT2D eigenvalue weighted by molar-refractivity contribution is -0.146. The highest BCUT2D eigenvalue weighted by atomic mass is 32.2. The van der Waals surface area contributed by atoms with Crippen LogP contribution < -0.4 is 0 Å². The zero-order valence-electron chi connectivity index (χ0n) is 11.2. The molecule has 116 valence electrons. The Kier molecular flexibility index (Phi) is 5.83. The van der Waals surface area contributed by atoms with E-state index in [1.165, 1.54) is 13.0 Å². The molecule has 7 heteroatoms. The van der Waals surface area contributed by atoms with E-state index in [0.717, 1.165) is 24.3 Å². The normalized spacial score (nSPS) is 14.3. The van der Waals surface area contributed by atoms with Crippen LogP contribution in [0.4, 0.5) is 17.6 Å². The van der Waals surface area contributed by atoms with Gasteiger partial charge >= 0.3 is 11.5 Å². The summed E-state index contributed by atoms with van der Waals surface area (Å²) in [6.07, 6.45) is 0.917. The Bertz CT molecular complexity index is 499. The maximum absolute atomic E-state index is 13.0. The maximum Gasteiger partial charge on any atom is 0.443 e. The lowest BCUT2D eigenvalue weighted by Crippen LogP contribution is -2.36. The van der Waals surface area contributed by atoms with E-state index in [9.17, 15) is 22.4 Å². The average molecular weight is 322 g/mol. The van der Waals surface area contributed by atoms with Gasteiger partial charge in [0.15, 0.2) is 0 Å². The summed E-state index contributed by atoms with van der Waals surface area (Å²) < 4.78 is 54.4. The summed E-state index contributed by atoms with van der Waals surface area (Å²) in [5, 5.41) is 0. The van der Waals surface area contributed by atoms with Crippen LogP contribution in [-0.4, -0.2) is 18.1 Å². The first kappa shape index (κ1) is 17.6. The van der Waals surface area contributed by atoms with Crippen molar-refractivity contribution in [1.82, 2.24) is 0 Å². The van der Waals surface area contributed by atoms with Crippen molar-refractivity contribution in [2.45, 2.75) is 23.6 Å². The second kappa shape index (κ2) is 6.98. The molecule has 1 rings (SSSR count). The van der Waals surface area contributed by atoms with Crippen molar-refractivity contribution in [2.24, 2.45) is 0 Å². The molecule has 0 saturated heterocycles. The van der Waals surface area contributed by atoms with Gasteiger partial charge in [-0.2, -0.15) is 13.2 Å². The molecule has 0 aliphatic carbocycles. The first-order chi connectivity index (χ1) is 9.75. The number of ether oxygens (including phenoxy) is 1. The minimum absolute atomic E-state index is 0.0181. The van der Waals surface area contributed by atoms with Gasteiger partial charge in [0, 0.05) is 0 Å². The molecule has 0 fully saturated rings. The Morgan fingerprint density at radius 2 is 1.90 bits per heavy atom. The van der Waals surface area contributed by atoms with E-state index in [4.69, 9.17) is 4.74 Å². The highest BCUT2D eigenvalue weighted by Gasteiger charge is 2.50. The summed E-state index contributed by atoms with van der Waals surface area (Å²) in [4.78, 5) is 12.1. The monoisotopic (exact) mass is 322 g/mol. The van der Waals surface area contributed by atoms with Crippen molar-refractivity contribution < 1.29 is 27.1 Å². The number of hydrogen-bond donors (Lipinski definition) is 0. The molecule has 1 aromatic rings. The molecule has 1 atom stereocenters. The van der Waals surface area contributed by atoms with Gasteiger partial charge in [0.2, 0.25) is 0 Å². The lowest BCUT2D eigenvalue weighted by Gasteiger charge is -2.31. The summed E-state index contributed by atoms with van der Waals surface area (Å²) in [6.45, 7) is 4.84. The summed E-state index contributed by atoms with van der Waals surface area (Å²) in [7, 11) is 0. The quantitative estimate of drug-likeness (QED) is 0.441. The molecule has 21 heavy (non-hydrogen) atoms.